The van der Waals surface area contributed by atoms with E-state index in [1.165, 1.54) is 5.56 Å². The summed E-state index contributed by atoms with van der Waals surface area (Å²) in [6.07, 6.45) is 0. The number of hydrogen-bond acceptors (Lipinski definition) is 4. The number of ether oxygens (including phenoxy) is 1. The number of carbonyl (C=O) groups is 1. The first-order valence-corrected chi connectivity index (χ1v) is 10.7. The summed E-state index contributed by atoms with van der Waals surface area (Å²) in [4.78, 5) is 12.1. The molecule has 2 aromatic carbocycles. The number of hydrogen-bond donors (Lipinski definition) is 2. The van der Waals surface area contributed by atoms with Gasteiger partial charge in [-0.15, -0.1) is 0 Å². The van der Waals surface area contributed by atoms with E-state index in [9.17, 15) is 13.2 Å². The molecule has 2 N–H and O–H groups in total. The Morgan fingerprint density at radius 3 is 2.32 bits per heavy atom. The zero-order chi connectivity index (χ0) is 20.7. The maximum absolute atomic E-state index is 12.2. The van der Waals surface area contributed by atoms with Gasteiger partial charge in [-0.3, -0.25) is 4.79 Å². The van der Waals surface area contributed by atoms with Crippen LogP contribution in [0.2, 0.25) is 0 Å². The topological polar surface area (TPSA) is 84.5 Å². The van der Waals surface area contributed by atoms with Crippen LogP contribution in [0.1, 0.15) is 36.5 Å². The maximum atomic E-state index is 12.2. The van der Waals surface area contributed by atoms with Gasteiger partial charge in [0.2, 0.25) is 10.0 Å². The fraction of sp³-hybridized carbons (Fsp3) is 0.381. The van der Waals surface area contributed by atoms with Gasteiger partial charge in [0.1, 0.15) is 5.75 Å². The third-order valence-corrected chi connectivity index (χ3v) is 5.78. The van der Waals surface area contributed by atoms with Crippen molar-refractivity contribution in [1.29, 1.82) is 0 Å². The van der Waals surface area contributed by atoms with Crippen molar-refractivity contribution in [3.05, 3.63) is 59.2 Å². The number of benzene rings is 2. The van der Waals surface area contributed by atoms with Crippen LogP contribution >= 0.6 is 0 Å². The lowest BCUT2D eigenvalue weighted by Crippen LogP contribution is -2.36. The Balaban J connectivity index is 1.74. The molecule has 0 heterocycles. The average Bonchev–Trinajstić information content (AvgIpc) is 2.63. The summed E-state index contributed by atoms with van der Waals surface area (Å²) in [5.74, 6) is 0.762. The highest BCUT2D eigenvalue weighted by Crippen LogP contribution is 2.23. The number of rotatable bonds is 9. The molecule has 0 atom stereocenters. The van der Waals surface area contributed by atoms with Gasteiger partial charge in [0.05, 0.1) is 4.90 Å². The van der Waals surface area contributed by atoms with E-state index >= 15 is 0 Å². The molecule has 0 fully saturated rings. The number of sulfonamides is 1. The van der Waals surface area contributed by atoms with Gasteiger partial charge in [-0.2, -0.15) is 0 Å². The molecule has 0 aliphatic rings. The largest absolute Gasteiger partial charge is 0.484 e. The van der Waals surface area contributed by atoms with E-state index in [1.54, 1.807) is 24.3 Å². The van der Waals surface area contributed by atoms with Crippen LogP contribution in [0.15, 0.2) is 47.4 Å². The zero-order valence-corrected chi connectivity index (χ0v) is 17.6. The van der Waals surface area contributed by atoms with Gasteiger partial charge >= 0.3 is 0 Å². The number of nitrogens with one attached hydrogen (secondary N) is 2. The molecule has 7 heteroatoms. The van der Waals surface area contributed by atoms with Crippen molar-refractivity contribution in [2.75, 3.05) is 19.7 Å². The van der Waals surface area contributed by atoms with Gasteiger partial charge < -0.3 is 10.1 Å². The van der Waals surface area contributed by atoms with Gasteiger partial charge in [0.15, 0.2) is 6.61 Å². The third kappa shape index (κ3) is 6.35. The van der Waals surface area contributed by atoms with E-state index < -0.39 is 10.0 Å². The van der Waals surface area contributed by atoms with Crippen LogP contribution < -0.4 is 14.8 Å². The summed E-state index contributed by atoms with van der Waals surface area (Å²) >= 11 is 0. The second-order valence-electron chi connectivity index (χ2n) is 7.02. The monoisotopic (exact) mass is 404 g/mol. The zero-order valence-electron chi connectivity index (χ0n) is 16.8. The molecule has 2 rings (SSSR count). The van der Waals surface area contributed by atoms with Crippen LogP contribution in [-0.4, -0.2) is 34.0 Å². The summed E-state index contributed by atoms with van der Waals surface area (Å²) in [5, 5.41) is 2.64. The fourth-order valence-corrected chi connectivity index (χ4v) is 3.81. The average molecular weight is 405 g/mol. The van der Waals surface area contributed by atoms with Crippen molar-refractivity contribution in [2.45, 2.75) is 38.5 Å². The predicted octanol–water partition coefficient (Wildman–Crippen LogP) is 2.90. The maximum Gasteiger partial charge on any atom is 0.257 e. The minimum Gasteiger partial charge on any atom is -0.484 e. The molecule has 152 valence electrons. The molecular weight excluding hydrogens is 376 g/mol. The highest BCUT2D eigenvalue weighted by molar-refractivity contribution is 7.89. The molecule has 0 aliphatic carbocycles. The first kappa shape index (κ1) is 21.9. The Kier molecular flexibility index (Phi) is 7.60. The molecule has 0 aliphatic heterocycles. The van der Waals surface area contributed by atoms with Crippen molar-refractivity contribution in [3.63, 3.8) is 0 Å². The molecule has 0 spiro atoms. The number of aryl methyl sites for hydroxylation is 2. The summed E-state index contributed by atoms with van der Waals surface area (Å²) in [6.45, 7) is 8.32. The molecule has 0 saturated heterocycles. The van der Waals surface area contributed by atoms with Gasteiger partial charge in [-0.1, -0.05) is 37.6 Å². The van der Waals surface area contributed by atoms with Crippen molar-refractivity contribution in [1.82, 2.24) is 10.0 Å². The Hall–Kier alpha value is -2.38. The second-order valence-corrected chi connectivity index (χ2v) is 8.79. The highest BCUT2D eigenvalue weighted by Gasteiger charge is 2.13. The van der Waals surface area contributed by atoms with E-state index in [0.717, 1.165) is 11.1 Å². The quantitative estimate of drug-likeness (QED) is 0.630. The summed E-state index contributed by atoms with van der Waals surface area (Å²) in [6, 6.07) is 12.4. The van der Waals surface area contributed by atoms with Gasteiger partial charge in [0, 0.05) is 13.1 Å². The fourth-order valence-electron chi connectivity index (χ4n) is 2.77. The van der Waals surface area contributed by atoms with Crippen LogP contribution in [0.4, 0.5) is 0 Å². The minimum absolute atomic E-state index is 0.101. The molecule has 0 bridgehead atoms. The van der Waals surface area contributed by atoms with Crippen molar-refractivity contribution in [2.24, 2.45) is 0 Å². The molecule has 0 saturated carbocycles. The Morgan fingerprint density at radius 1 is 1.04 bits per heavy atom. The molecule has 1 amide bonds. The number of amides is 1. The van der Waals surface area contributed by atoms with E-state index in [2.05, 4.69) is 23.9 Å². The lowest BCUT2D eigenvalue weighted by Gasteiger charge is -2.12. The van der Waals surface area contributed by atoms with Crippen LogP contribution in [0.5, 0.6) is 5.75 Å². The minimum atomic E-state index is -3.58. The van der Waals surface area contributed by atoms with Crippen molar-refractivity contribution >= 4 is 15.9 Å². The van der Waals surface area contributed by atoms with E-state index in [-0.39, 0.29) is 30.5 Å². The van der Waals surface area contributed by atoms with Gasteiger partial charge in [-0.05, 0) is 55.2 Å². The van der Waals surface area contributed by atoms with Crippen LogP contribution in [0.3, 0.4) is 0 Å². The van der Waals surface area contributed by atoms with Crippen LogP contribution in [0, 0.1) is 13.8 Å². The lowest BCUT2D eigenvalue weighted by atomic mass is 9.98. The van der Waals surface area contributed by atoms with E-state index in [4.69, 9.17) is 4.74 Å². The SMILES string of the molecule is Cc1ccc(S(=O)(=O)NCCNC(=O)COc2ccc(C(C)C)c(C)c2)cc1. The van der Waals surface area contributed by atoms with Crippen LogP contribution in [0.25, 0.3) is 0 Å². The molecule has 6 nitrogen and oxygen atoms in total. The second kappa shape index (κ2) is 9.71. The van der Waals surface area contributed by atoms with Crippen LogP contribution in [-0.2, 0) is 14.8 Å². The van der Waals surface area contributed by atoms with Gasteiger partial charge in [-0.25, -0.2) is 13.1 Å². The predicted molar refractivity (Wildman–Crippen MR) is 110 cm³/mol. The molecule has 28 heavy (non-hydrogen) atoms. The normalized spacial score (nSPS) is 11.5. The summed E-state index contributed by atoms with van der Waals surface area (Å²) in [5.41, 5.74) is 3.36. The smallest absolute Gasteiger partial charge is 0.257 e. The standard InChI is InChI=1S/C21H28N2O4S/c1-15(2)20-10-7-18(13-17(20)4)27-14-21(24)22-11-12-23-28(25,26)19-8-5-16(3)6-9-19/h5-10,13,15,23H,11-12,14H2,1-4H3,(H,22,24). The van der Waals surface area contributed by atoms with Gasteiger partial charge in [0.25, 0.3) is 5.91 Å². The van der Waals surface area contributed by atoms with Crippen molar-refractivity contribution in [3.8, 4) is 5.75 Å². The molecule has 0 radical (unpaired) electrons. The third-order valence-electron chi connectivity index (χ3n) is 4.30. The van der Waals surface area contributed by atoms with E-state index in [1.807, 2.05) is 32.0 Å². The Morgan fingerprint density at radius 2 is 1.71 bits per heavy atom. The summed E-state index contributed by atoms with van der Waals surface area (Å²) < 4.78 is 32.3. The Labute approximate surface area is 167 Å². The first-order valence-electron chi connectivity index (χ1n) is 9.25. The molecular formula is C21H28N2O4S. The van der Waals surface area contributed by atoms with Crippen molar-refractivity contribution < 1.29 is 17.9 Å². The Bertz CT molecular complexity index is 907. The molecule has 0 aromatic heterocycles. The lowest BCUT2D eigenvalue weighted by molar-refractivity contribution is -0.123. The first-order chi connectivity index (χ1) is 13.2. The van der Waals surface area contributed by atoms with E-state index in [0.29, 0.717) is 11.7 Å². The molecule has 0 unspecified atom stereocenters. The highest BCUT2D eigenvalue weighted by atomic mass is 32.2. The summed E-state index contributed by atoms with van der Waals surface area (Å²) in [7, 11) is -3.58. The molecule has 2 aromatic rings. The number of carbonyl (C=O) groups excluding carboxylic acids is 1.